The van der Waals surface area contributed by atoms with Crippen molar-refractivity contribution in [1.82, 2.24) is 0 Å². The molecule has 0 saturated carbocycles. The number of carbonyl (C=O) groups is 3. The van der Waals surface area contributed by atoms with E-state index in [2.05, 4.69) is 25.3 Å². The number of rotatable bonds is 7. The molecule has 3 atom stereocenters. The van der Waals surface area contributed by atoms with Crippen molar-refractivity contribution in [1.29, 1.82) is 0 Å². The zero-order valence-electron chi connectivity index (χ0n) is 12.3. The summed E-state index contributed by atoms with van der Waals surface area (Å²) < 4.78 is 9.44. The molecule has 0 radical (unpaired) electrons. The zero-order chi connectivity index (χ0) is 17.2. The summed E-state index contributed by atoms with van der Waals surface area (Å²) in [5.41, 5.74) is 6.97. The Morgan fingerprint density at radius 1 is 1.35 bits per heavy atom. The SMILES string of the molecule is C=CCOC(=O)[C@@H](N)Cc1ccc(NC(=O)C(=O)OPP)cc1. The van der Waals surface area contributed by atoms with E-state index in [9.17, 15) is 14.4 Å². The molecule has 0 heterocycles. The Kier molecular flexibility index (Phi) is 8.41. The van der Waals surface area contributed by atoms with Crippen molar-refractivity contribution in [2.75, 3.05) is 11.9 Å². The molecule has 9 heteroatoms. The maximum atomic E-state index is 11.6. The summed E-state index contributed by atoms with van der Waals surface area (Å²) >= 11 is 0. The number of anilines is 1. The molecule has 1 aromatic carbocycles. The fraction of sp³-hybridized carbons (Fsp3) is 0.214. The Morgan fingerprint density at radius 2 is 2.00 bits per heavy atom. The molecule has 124 valence electrons. The predicted octanol–water partition coefficient (Wildman–Crippen LogP) is 1.15. The van der Waals surface area contributed by atoms with Gasteiger partial charge in [-0.15, -0.1) is 0 Å². The van der Waals surface area contributed by atoms with Gasteiger partial charge in [0.15, 0.2) is 0 Å². The van der Waals surface area contributed by atoms with Gasteiger partial charge in [-0.2, -0.15) is 0 Å². The highest BCUT2D eigenvalue weighted by atomic mass is 32.0. The molecule has 2 unspecified atom stereocenters. The van der Waals surface area contributed by atoms with E-state index in [4.69, 9.17) is 10.5 Å². The molecule has 0 spiro atoms. The van der Waals surface area contributed by atoms with Crippen LogP contribution in [0.15, 0.2) is 36.9 Å². The van der Waals surface area contributed by atoms with E-state index in [0.29, 0.717) is 12.1 Å². The van der Waals surface area contributed by atoms with Crippen LogP contribution in [0.25, 0.3) is 0 Å². The normalized spacial score (nSPS) is 11.7. The Morgan fingerprint density at radius 3 is 2.57 bits per heavy atom. The van der Waals surface area contributed by atoms with Gasteiger partial charge < -0.3 is 20.3 Å². The molecule has 23 heavy (non-hydrogen) atoms. The van der Waals surface area contributed by atoms with Crippen LogP contribution in [0.1, 0.15) is 5.56 Å². The van der Waals surface area contributed by atoms with Crippen LogP contribution in [0, 0.1) is 0 Å². The lowest BCUT2D eigenvalue weighted by molar-refractivity contribution is -0.144. The number of esters is 1. The smallest absolute Gasteiger partial charge is 0.399 e. The van der Waals surface area contributed by atoms with Crippen LogP contribution in [0.2, 0.25) is 0 Å². The predicted molar refractivity (Wildman–Crippen MR) is 92.0 cm³/mol. The lowest BCUT2D eigenvalue weighted by atomic mass is 10.1. The lowest BCUT2D eigenvalue weighted by Gasteiger charge is -2.11. The Labute approximate surface area is 137 Å². The van der Waals surface area contributed by atoms with Gasteiger partial charge in [-0.3, -0.25) is 9.59 Å². The second-order valence-corrected chi connectivity index (χ2v) is 5.53. The summed E-state index contributed by atoms with van der Waals surface area (Å²) in [6.45, 7) is 3.56. The first-order valence-corrected chi connectivity index (χ1v) is 9.29. The van der Waals surface area contributed by atoms with Crippen LogP contribution in [0.5, 0.6) is 0 Å². The second kappa shape index (κ2) is 10.1. The van der Waals surface area contributed by atoms with Crippen LogP contribution >= 0.6 is 17.4 Å². The summed E-state index contributed by atoms with van der Waals surface area (Å²) in [5, 5.41) is 2.41. The van der Waals surface area contributed by atoms with Gasteiger partial charge in [0.1, 0.15) is 12.6 Å². The van der Waals surface area contributed by atoms with Crippen molar-refractivity contribution < 1.29 is 23.6 Å². The Bertz CT molecular complexity index is 577. The summed E-state index contributed by atoms with van der Waals surface area (Å²) in [7, 11) is 2.03. The quantitative estimate of drug-likeness (QED) is 0.328. The standard InChI is InChI=1S/C14H18N2O5P2/c1-2-7-20-13(18)11(15)8-9-3-5-10(6-4-9)16-12(17)14(19)21-23-22/h2-6,11,23H,1,7-8,15,22H2,(H,16,17)/t11-/m0/s1. The van der Waals surface area contributed by atoms with Crippen molar-refractivity contribution in [2.24, 2.45) is 5.73 Å². The number of amides is 1. The van der Waals surface area contributed by atoms with E-state index in [1.807, 2.05) is 0 Å². The molecule has 0 aromatic heterocycles. The van der Waals surface area contributed by atoms with Crippen LogP contribution in [-0.4, -0.2) is 30.5 Å². The second-order valence-electron chi connectivity index (χ2n) is 4.39. The molecule has 0 aliphatic heterocycles. The van der Waals surface area contributed by atoms with E-state index >= 15 is 0 Å². The lowest BCUT2D eigenvalue weighted by Crippen LogP contribution is -2.34. The molecule has 1 rings (SSSR count). The molecule has 0 bridgehead atoms. The highest BCUT2D eigenvalue weighted by Gasteiger charge is 2.16. The van der Waals surface area contributed by atoms with Crippen molar-refractivity contribution in [3.8, 4) is 0 Å². The highest BCUT2D eigenvalue weighted by molar-refractivity contribution is 8.00. The minimum atomic E-state index is -0.950. The Hall–Kier alpha value is -1.81. The monoisotopic (exact) mass is 356 g/mol. The van der Waals surface area contributed by atoms with E-state index in [0.717, 1.165) is 5.56 Å². The first-order valence-electron chi connectivity index (χ1n) is 6.57. The first-order chi connectivity index (χ1) is 11.0. The largest absolute Gasteiger partial charge is 0.460 e. The molecule has 0 saturated heterocycles. The zero-order valence-corrected chi connectivity index (χ0v) is 14.4. The van der Waals surface area contributed by atoms with Gasteiger partial charge in [0, 0.05) is 5.69 Å². The van der Waals surface area contributed by atoms with Crippen molar-refractivity contribution in [3.05, 3.63) is 42.5 Å². The average molecular weight is 356 g/mol. The van der Waals surface area contributed by atoms with E-state index in [1.165, 1.54) is 6.08 Å². The van der Waals surface area contributed by atoms with E-state index in [1.54, 1.807) is 24.3 Å². The molecular formula is C14H18N2O5P2. The summed E-state index contributed by atoms with van der Waals surface area (Å²) in [6, 6.07) is 5.81. The van der Waals surface area contributed by atoms with Crippen molar-refractivity contribution >= 4 is 41.0 Å². The third kappa shape index (κ3) is 6.87. The number of benzene rings is 1. The van der Waals surface area contributed by atoms with Gasteiger partial charge in [-0.1, -0.05) is 33.7 Å². The number of nitrogens with one attached hydrogen (secondary N) is 1. The maximum absolute atomic E-state index is 11.6. The number of nitrogens with two attached hydrogens (primary N) is 1. The first kappa shape index (κ1) is 19.2. The Balaban J connectivity index is 2.56. The molecule has 0 aliphatic carbocycles. The number of ether oxygens (including phenoxy) is 1. The third-order valence-corrected chi connectivity index (χ3v) is 3.31. The fourth-order valence-corrected chi connectivity index (χ4v) is 2.11. The van der Waals surface area contributed by atoms with Crippen LogP contribution in [0.4, 0.5) is 5.69 Å². The molecule has 1 amide bonds. The van der Waals surface area contributed by atoms with E-state index < -0.39 is 23.9 Å². The molecule has 0 fully saturated rings. The minimum Gasteiger partial charge on any atom is -0.460 e. The van der Waals surface area contributed by atoms with Gasteiger partial charge >= 0.3 is 17.8 Å². The topological polar surface area (TPSA) is 108 Å². The summed E-state index contributed by atoms with van der Waals surface area (Å²) in [4.78, 5) is 34.2. The summed E-state index contributed by atoms with van der Waals surface area (Å²) in [6.07, 6.45) is 1.76. The maximum Gasteiger partial charge on any atom is 0.399 e. The van der Waals surface area contributed by atoms with Crippen molar-refractivity contribution in [2.45, 2.75) is 12.5 Å². The third-order valence-electron chi connectivity index (χ3n) is 2.65. The number of carbonyl (C=O) groups excluding carboxylic acids is 3. The number of hydrogen-bond acceptors (Lipinski definition) is 6. The molecule has 3 N–H and O–H groups in total. The molecule has 0 aliphatic rings. The minimum absolute atomic E-state index is 0.116. The van der Waals surface area contributed by atoms with Crippen LogP contribution in [-0.2, 0) is 30.1 Å². The molecule has 7 nitrogen and oxygen atoms in total. The van der Waals surface area contributed by atoms with E-state index in [-0.39, 0.29) is 15.1 Å². The van der Waals surface area contributed by atoms with Gasteiger partial charge in [0.2, 0.25) is 0 Å². The fourth-order valence-electron chi connectivity index (χ4n) is 1.59. The van der Waals surface area contributed by atoms with Gasteiger partial charge in [0.05, 0.1) is 8.50 Å². The molecular weight excluding hydrogens is 338 g/mol. The highest BCUT2D eigenvalue weighted by Crippen LogP contribution is 2.21. The van der Waals surface area contributed by atoms with Gasteiger partial charge in [0.25, 0.3) is 0 Å². The number of hydrogen-bond donors (Lipinski definition) is 2. The average Bonchev–Trinajstić information content (AvgIpc) is 2.54. The van der Waals surface area contributed by atoms with Gasteiger partial charge in [-0.05, 0) is 24.1 Å². The van der Waals surface area contributed by atoms with Crippen molar-refractivity contribution in [3.63, 3.8) is 0 Å². The van der Waals surface area contributed by atoms with Crippen LogP contribution in [0.3, 0.4) is 0 Å². The molecule has 1 aromatic rings. The van der Waals surface area contributed by atoms with Gasteiger partial charge in [-0.25, -0.2) is 4.79 Å². The summed E-state index contributed by atoms with van der Waals surface area (Å²) in [5.74, 6) is -2.31. The van der Waals surface area contributed by atoms with Crippen LogP contribution < -0.4 is 11.1 Å².